The van der Waals surface area contributed by atoms with E-state index in [1.165, 1.54) is 17.3 Å². The first-order chi connectivity index (χ1) is 17.0. The summed E-state index contributed by atoms with van der Waals surface area (Å²) < 4.78 is 3.58. The summed E-state index contributed by atoms with van der Waals surface area (Å²) in [6.45, 7) is 10.8. The van der Waals surface area contributed by atoms with Gasteiger partial charge in [0.05, 0.1) is 22.7 Å². The van der Waals surface area contributed by atoms with Crippen LogP contribution in [0.2, 0.25) is 0 Å². The van der Waals surface area contributed by atoms with Crippen LogP contribution in [0, 0.1) is 6.92 Å². The molecular formula is C26H30N6O2S. The monoisotopic (exact) mass is 490 g/mol. The highest BCUT2D eigenvalue weighted by Gasteiger charge is 2.27. The second-order valence-electron chi connectivity index (χ2n) is 9.03. The number of benzene rings is 2. The fourth-order valence-electron chi connectivity index (χ4n) is 4.58. The second kappa shape index (κ2) is 9.83. The molecule has 0 saturated carbocycles. The first kappa shape index (κ1) is 23.6. The van der Waals surface area contributed by atoms with Crippen molar-refractivity contribution in [2.45, 2.75) is 37.7 Å². The zero-order valence-electron chi connectivity index (χ0n) is 20.3. The lowest BCUT2D eigenvalue weighted by Crippen LogP contribution is -2.50. The minimum atomic E-state index is -0.313. The molecule has 182 valence electrons. The third kappa shape index (κ3) is 4.58. The van der Waals surface area contributed by atoms with Gasteiger partial charge in [0, 0.05) is 26.2 Å². The van der Waals surface area contributed by atoms with Gasteiger partial charge in [-0.3, -0.25) is 18.6 Å². The number of aromatic nitrogens is 4. The van der Waals surface area contributed by atoms with Gasteiger partial charge in [0.15, 0.2) is 5.16 Å². The van der Waals surface area contributed by atoms with Crippen molar-refractivity contribution in [3.8, 4) is 0 Å². The Bertz CT molecular complexity index is 1420. The lowest BCUT2D eigenvalue weighted by Gasteiger charge is -2.35. The molecule has 0 spiro atoms. The smallest absolute Gasteiger partial charge is 0.263 e. The first-order valence-electron chi connectivity index (χ1n) is 12.1. The Morgan fingerprint density at radius 1 is 1.03 bits per heavy atom. The molecule has 1 saturated heterocycles. The minimum absolute atomic E-state index is 0.101. The molecule has 1 aliphatic rings. The van der Waals surface area contributed by atoms with Gasteiger partial charge < -0.3 is 9.80 Å². The maximum Gasteiger partial charge on any atom is 0.263 e. The fourth-order valence-corrected chi connectivity index (χ4v) is 5.52. The molecule has 9 heteroatoms. The van der Waals surface area contributed by atoms with E-state index in [0.717, 1.165) is 43.8 Å². The van der Waals surface area contributed by atoms with E-state index in [2.05, 4.69) is 22.0 Å². The van der Waals surface area contributed by atoms with Crippen LogP contribution in [0.1, 0.15) is 25.0 Å². The molecule has 1 amide bonds. The molecule has 0 aliphatic carbocycles. The van der Waals surface area contributed by atoms with Crippen molar-refractivity contribution in [1.82, 2.24) is 29.0 Å². The molecule has 35 heavy (non-hydrogen) atoms. The molecule has 1 unspecified atom stereocenters. The summed E-state index contributed by atoms with van der Waals surface area (Å²) in [4.78, 5) is 30.9. The van der Waals surface area contributed by atoms with Crippen LogP contribution in [-0.4, -0.2) is 72.8 Å². The third-order valence-electron chi connectivity index (χ3n) is 6.70. The van der Waals surface area contributed by atoms with Crippen molar-refractivity contribution in [2.75, 3.05) is 32.7 Å². The summed E-state index contributed by atoms with van der Waals surface area (Å²) in [6, 6.07) is 15.6. The van der Waals surface area contributed by atoms with E-state index in [0.29, 0.717) is 22.9 Å². The molecule has 2 aromatic heterocycles. The van der Waals surface area contributed by atoms with E-state index in [1.807, 2.05) is 71.7 Å². The Balaban J connectivity index is 1.50. The molecule has 0 bridgehead atoms. The number of thioether (sulfide) groups is 1. The molecule has 1 fully saturated rings. The van der Waals surface area contributed by atoms with E-state index in [-0.39, 0.29) is 16.7 Å². The summed E-state index contributed by atoms with van der Waals surface area (Å²) in [7, 11) is 0. The van der Waals surface area contributed by atoms with Crippen molar-refractivity contribution >= 4 is 34.3 Å². The summed E-state index contributed by atoms with van der Waals surface area (Å²) in [5.74, 6) is 0.591. The minimum Gasteiger partial charge on any atom is -0.339 e. The summed E-state index contributed by atoms with van der Waals surface area (Å²) in [5.41, 5.74) is 2.83. The molecule has 2 aromatic carbocycles. The third-order valence-corrected chi connectivity index (χ3v) is 7.73. The Morgan fingerprint density at radius 3 is 2.46 bits per heavy atom. The van der Waals surface area contributed by atoms with E-state index in [1.54, 1.807) is 4.57 Å². The summed E-state index contributed by atoms with van der Waals surface area (Å²) in [5, 5.41) is 9.75. The van der Waals surface area contributed by atoms with Gasteiger partial charge in [-0.2, -0.15) is 0 Å². The fraction of sp³-hybridized carbons (Fsp3) is 0.385. The number of amides is 1. The summed E-state index contributed by atoms with van der Waals surface area (Å²) >= 11 is 1.39. The number of para-hydroxylation sites is 1. The summed E-state index contributed by atoms with van der Waals surface area (Å²) in [6.07, 6.45) is 0. The van der Waals surface area contributed by atoms with Gasteiger partial charge in [-0.05, 0) is 38.1 Å². The van der Waals surface area contributed by atoms with Crippen molar-refractivity contribution in [1.29, 1.82) is 0 Å². The van der Waals surface area contributed by atoms with Gasteiger partial charge in [-0.15, -0.1) is 10.2 Å². The van der Waals surface area contributed by atoms with Crippen molar-refractivity contribution in [3.05, 3.63) is 70.0 Å². The van der Waals surface area contributed by atoms with Gasteiger partial charge in [0.1, 0.15) is 0 Å². The Morgan fingerprint density at radius 2 is 1.74 bits per heavy atom. The van der Waals surface area contributed by atoms with Crippen molar-refractivity contribution in [3.63, 3.8) is 0 Å². The highest BCUT2D eigenvalue weighted by molar-refractivity contribution is 8.00. The number of aryl methyl sites for hydroxylation is 1. The normalized spacial score (nSPS) is 15.7. The van der Waals surface area contributed by atoms with Crippen LogP contribution in [0.15, 0.2) is 58.5 Å². The van der Waals surface area contributed by atoms with Crippen LogP contribution in [0.25, 0.3) is 16.7 Å². The zero-order valence-corrected chi connectivity index (χ0v) is 21.2. The van der Waals surface area contributed by atoms with Crippen molar-refractivity contribution < 1.29 is 4.79 Å². The molecule has 8 nitrogen and oxygen atoms in total. The average Bonchev–Trinajstić information content (AvgIpc) is 3.30. The highest BCUT2D eigenvalue weighted by atomic mass is 32.2. The van der Waals surface area contributed by atoms with Gasteiger partial charge in [-0.25, -0.2) is 0 Å². The lowest BCUT2D eigenvalue weighted by atomic mass is 10.1. The first-order valence-corrected chi connectivity index (χ1v) is 12.9. The molecular weight excluding hydrogens is 460 g/mol. The van der Waals surface area contributed by atoms with Gasteiger partial charge in [-0.1, -0.05) is 60.6 Å². The number of carbonyl (C=O) groups is 1. The standard InChI is InChI=1S/C26H30N6O2S/c1-4-29-13-15-30(16-14-29)23(33)19(3)35-26-28-27-25-31(17-20-11-9-18(2)10-12-20)24(34)21-7-5-6-8-22(21)32(25)26/h5-12,19H,4,13-17H2,1-3H3. The molecule has 0 radical (unpaired) electrons. The number of piperazine rings is 1. The van der Waals surface area contributed by atoms with Crippen LogP contribution in [0.3, 0.4) is 0 Å². The number of rotatable bonds is 6. The topological polar surface area (TPSA) is 75.7 Å². The van der Waals surface area contributed by atoms with E-state index in [9.17, 15) is 9.59 Å². The number of carbonyl (C=O) groups excluding carboxylic acids is 1. The highest BCUT2D eigenvalue weighted by Crippen LogP contribution is 2.26. The number of hydrogen-bond acceptors (Lipinski definition) is 6. The SMILES string of the molecule is CCN1CCN(C(=O)C(C)Sc2nnc3n(Cc4ccc(C)cc4)c(=O)c4ccccc4n23)CC1. The quantitative estimate of drug-likeness (QED) is 0.387. The predicted molar refractivity (Wildman–Crippen MR) is 139 cm³/mol. The van der Waals surface area contributed by atoms with Crippen LogP contribution in [0.4, 0.5) is 0 Å². The molecule has 1 atom stereocenters. The predicted octanol–water partition coefficient (Wildman–Crippen LogP) is 3.05. The Labute approximate surface area is 208 Å². The maximum atomic E-state index is 13.4. The Kier molecular flexibility index (Phi) is 6.62. The largest absolute Gasteiger partial charge is 0.339 e. The van der Waals surface area contributed by atoms with Gasteiger partial charge in [0.2, 0.25) is 11.7 Å². The maximum absolute atomic E-state index is 13.4. The number of likely N-dealkylation sites (N-methyl/N-ethyl adjacent to an activating group) is 1. The van der Waals surface area contributed by atoms with Crippen LogP contribution in [0.5, 0.6) is 0 Å². The molecule has 3 heterocycles. The molecule has 1 aliphatic heterocycles. The number of nitrogens with zero attached hydrogens (tertiary/aromatic N) is 6. The van der Waals surface area contributed by atoms with Crippen LogP contribution in [-0.2, 0) is 11.3 Å². The van der Waals surface area contributed by atoms with Gasteiger partial charge in [0.25, 0.3) is 5.56 Å². The van der Waals surface area contributed by atoms with Crippen LogP contribution < -0.4 is 5.56 Å². The van der Waals surface area contributed by atoms with E-state index >= 15 is 0 Å². The molecule has 4 aromatic rings. The lowest BCUT2D eigenvalue weighted by molar-refractivity contribution is -0.132. The zero-order chi connectivity index (χ0) is 24.5. The number of fused-ring (bicyclic) bond motifs is 3. The van der Waals surface area contributed by atoms with Crippen molar-refractivity contribution in [2.24, 2.45) is 0 Å². The van der Waals surface area contributed by atoms with E-state index in [4.69, 9.17) is 0 Å². The van der Waals surface area contributed by atoms with Crippen LogP contribution >= 0.6 is 11.8 Å². The van der Waals surface area contributed by atoms with Gasteiger partial charge >= 0.3 is 0 Å². The van der Waals surface area contributed by atoms with E-state index < -0.39 is 0 Å². The number of hydrogen-bond donors (Lipinski definition) is 0. The molecule has 5 rings (SSSR count). The average molecular weight is 491 g/mol. The Hall–Kier alpha value is -3.17. The molecule has 0 N–H and O–H groups in total. The second-order valence-corrected chi connectivity index (χ2v) is 10.3.